The van der Waals surface area contributed by atoms with E-state index in [4.69, 9.17) is 54.7 Å². The Morgan fingerprint density at radius 2 is 1.84 bits per heavy atom. The molecular formula is C20H16Cl3N3O5. The molecule has 3 aromatic rings. The van der Waals surface area contributed by atoms with Gasteiger partial charge in [0.2, 0.25) is 5.28 Å². The molecule has 0 atom stereocenters. The summed E-state index contributed by atoms with van der Waals surface area (Å²) in [7, 11) is 1.36. The van der Waals surface area contributed by atoms with E-state index in [1.54, 1.807) is 4.57 Å². The number of aromatic nitrogens is 2. The lowest BCUT2D eigenvalue weighted by molar-refractivity contribution is -0.119. The summed E-state index contributed by atoms with van der Waals surface area (Å²) >= 11 is 18.5. The maximum atomic E-state index is 12.6. The Kier molecular flexibility index (Phi) is 7.27. The average Bonchev–Trinajstić information content (AvgIpc) is 3.03. The number of imidazole rings is 1. The molecule has 0 aliphatic carbocycles. The zero-order chi connectivity index (χ0) is 22.5. The number of ether oxygens (including phenoxy) is 3. The number of rotatable bonds is 8. The molecule has 1 heterocycles. The fourth-order valence-corrected chi connectivity index (χ4v) is 3.51. The van der Waals surface area contributed by atoms with Crippen LogP contribution in [-0.2, 0) is 16.1 Å². The number of halogens is 3. The maximum Gasteiger partial charge on any atom is 0.338 e. The Labute approximate surface area is 192 Å². The largest absolute Gasteiger partial charge is 0.493 e. The van der Waals surface area contributed by atoms with Crippen molar-refractivity contribution in [3.05, 3.63) is 69.2 Å². The van der Waals surface area contributed by atoms with E-state index < -0.39 is 18.5 Å². The van der Waals surface area contributed by atoms with E-state index in [2.05, 4.69) is 4.98 Å². The van der Waals surface area contributed by atoms with Gasteiger partial charge in [0.05, 0.1) is 17.7 Å². The molecular weight excluding hydrogens is 469 g/mol. The minimum atomic E-state index is -0.699. The van der Waals surface area contributed by atoms with E-state index in [0.717, 1.165) is 0 Å². The number of methoxy groups -OCH3 is 1. The molecule has 11 heteroatoms. The van der Waals surface area contributed by atoms with Gasteiger partial charge in [0.1, 0.15) is 12.3 Å². The number of carbonyl (C=O) groups excluding carboxylic acids is 2. The van der Waals surface area contributed by atoms with Gasteiger partial charge in [-0.15, -0.1) is 0 Å². The van der Waals surface area contributed by atoms with Crippen LogP contribution < -0.4 is 15.2 Å². The number of benzene rings is 2. The van der Waals surface area contributed by atoms with Gasteiger partial charge in [-0.05, 0) is 35.9 Å². The third kappa shape index (κ3) is 5.22. The third-order valence-electron chi connectivity index (χ3n) is 4.06. The summed E-state index contributed by atoms with van der Waals surface area (Å²) in [5, 5.41) is 0.276. The van der Waals surface area contributed by atoms with Gasteiger partial charge in [-0.2, -0.15) is 0 Å². The first kappa shape index (κ1) is 22.7. The molecule has 0 spiro atoms. The van der Waals surface area contributed by atoms with Gasteiger partial charge in [-0.1, -0.05) is 41.4 Å². The quantitative estimate of drug-likeness (QED) is 0.483. The molecule has 8 nitrogen and oxygen atoms in total. The molecule has 162 valence electrons. The minimum absolute atomic E-state index is 0.0444. The van der Waals surface area contributed by atoms with Gasteiger partial charge in [-0.25, -0.2) is 9.78 Å². The van der Waals surface area contributed by atoms with Crippen molar-refractivity contribution in [1.82, 2.24) is 9.55 Å². The van der Waals surface area contributed by atoms with E-state index in [1.807, 2.05) is 30.3 Å². The van der Waals surface area contributed by atoms with Crippen molar-refractivity contribution >= 4 is 46.7 Å². The number of carbonyl (C=O) groups is 2. The maximum absolute atomic E-state index is 12.6. The Morgan fingerprint density at radius 1 is 1.13 bits per heavy atom. The van der Waals surface area contributed by atoms with Crippen LogP contribution in [-0.4, -0.2) is 35.1 Å². The highest BCUT2D eigenvalue weighted by Gasteiger charge is 2.21. The third-order valence-corrected chi connectivity index (χ3v) is 4.90. The molecule has 0 bridgehead atoms. The minimum Gasteiger partial charge on any atom is -0.493 e. The van der Waals surface area contributed by atoms with Gasteiger partial charge >= 0.3 is 5.97 Å². The van der Waals surface area contributed by atoms with E-state index in [9.17, 15) is 9.59 Å². The van der Waals surface area contributed by atoms with Crippen LogP contribution in [0, 0.1) is 0 Å². The lowest BCUT2D eigenvalue weighted by atomic mass is 10.2. The van der Waals surface area contributed by atoms with Gasteiger partial charge in [0.15, 0.2) is 23.3 Å². The van der Waals surface area contributed by atoms with Crippen molar-refractivity contribution in [3.8, 4) is 17.2 Å². The van der Waals surface area contributed by atoms with Gasteiger partial charge in [0.25, 0.3) is 5.91 Å². The van der Waals surface area contributed by atoms with Crippen LogP contribution >= 0.6 is 34.8 Å². The summed E-state index contributed by atoms with van der Waals surface area (Å²) in [4.78, 5) is 27.6. The SMILES string of the molecule is COc1cc(C(=O)OCc2c(Cl)nc(Cl)n2-c2ccccc2)cc(Cl)c1OCC(N)=O. The molecule has 0 aliphatic rings. The zero-order valence-electron chi connectivity index (χ0n) is 16.1. The van der Waals surface area contributed by atoms with Gasteiger partial charge in [0, 0.05) is 5.69 Å². The predicted molar refractivity (Wildman–Crippen MR) is 115 cm³/mol. The first-order chi connectivity index (χ1) is 14.8. The van der Waals surface area contributed by atoms with E-state index in [1.165, 1.54) is 19.2 Å². The first-order valence-electron chi connectivity index (χ1n) is 8.75. The fourth-order valence-electron chi connectivity index (χ4n) is 2.70. The topological polar surface area (TPSA) is 106 Å². The molecule has 0 fully saturated rings. The standard InChI is InChI=1S/C20H16Cl3N3O5/c1-29-15-8-11(7-13(21)17(15)30-10-16(24)27)19(28)31-9-14-18(22)25-20(23)26(14)12-5-3-2-4-6-12/h2-8H,9-10H2,1H3,(H2,24,27). The number of esters is 1. The highest BCUT2D eigenvalue weighted by molar-refractivity contribution is 6.33. The second-order valence-electron chi connectivity index (χ2n) is 6.11. The smallest absolute Gasteiger partial charge is 0.338 e. The van der Waals surface area contributed by atoms with Gasteiger partial charge in [-0.3, -0.25) is 9.36 Å². The van der Waals surface area contributed by atoms with Crippen molar-refractivity contribution in [2.45, 2.75) is 6.61 Å². The van der Waals surface area contributed by atoms with Crippen LogP contribution in [0.25, 0.3) is 5.69 Å². The summed E-state index contributed by atoms with van der Waals surface area (Å²) in [5.74, 6) is -1.17. The molecule has 2 N–H and O–H groups in total. The lowest BCUT2D eigenvalue weighted by Crippen LogP contribution is -2.20. The van der Waals surface area contributed by atoms with Crippen molar-refractivity contribution in [2.75, 3.05) is 13.7 Å². The number of para-hydroxylation sites is 1. The van der Waals surface area contributed by atoms with Crippen molar-refractivity contribution in [3.63, 3.8) is 0 Å². The summed E-state index contributed by atoms with van der Waals surface area (Å²) in [6.07, 6.45) is 0. The molecule has 0 saturated carbocycles. The lowest BCUT2D eigenvalue weighted by Gasteiger charge is -2.14. The first-order valence-corrected chi connectivity index (χ1v) is 9.89. The molecule has 1 amide bonds. The normalized spacial score (nSPS) is 10.6. The number of hydrogen-bond donors (Lipinski definition) is 1. The van der Waals surface area contributed by atoms with Crippen LogP contribution in [0.15, 0.2) is 42.5 Å². The molecule has 0 unspecified atom stereocenters. The Morgan fingerprint density at radius 3 is 2.48 bits per heavy atom. The van der Waals surface area contributed by atoms with E-state index >= 15 is 0 Å². The monoisotopic (exact) mass is 483 g/mol. The number of hydrogen-bond acceptors (Lipinski definition) is 6. The molecule has 31 heavy (non-hydrogen) atoms. The number of nitrogens with two attached hydrogens (primary N) is 1. The van der Waals surface area contributed by atoms with Crippen LogP contribution in [0.3, 0.4) is 0 Å². The van der Waals surface area contributed by atoms with Crippen molar-refractivity contribution in [2.24, 2.45) is 5.73 Å². The Hall–Kier alpha value is -2.94. The van der Waals surface area contributed by atoms with E-state index in [-0.39, 0.29) is 39.1 Å². The van der Waals surface area contributed by atoms with Crippen molar-refractivity contribution in [1.29, 1.82) is 0 Å². The number of primary amides is 1. The summed E-state index contributed by atoms with van der Waals surface area (Å²) in [6, 6.07) is 11.8. The van der Waals surface area contributed by atoms with Crippen molar-refractivity contribution < 1.29 is 23.8 Å². The van der Waals surface area contributed by atoms with Gasteiger partial charge < -0.3 is 19.9 Å². The van der Waals surface area contributed by atoms with Crippen LogP contribution in [0.1, 0.15) is 16.1 Å². The Balaban J connectivity index is 1.82. The molecule has 2 aromatic carbocycles. The van der Waals surface area contributed by atoms with Crippen LogP contribution in [0.2, 0.25) is 15.5 Å². The van der Waals surface area contributed by atoms with Crippen LogP contribution in [0.4, 0.5) is 0 Å². The zero-order valence-corrected chi connectivity index (χ0v) is 18.4. The fraction of sp³-hybridized carbons (Fsp3) is 0.150. The Bertz CT molecular complexity index is 1120. The van der Waals surface area contributed by atoms with Crippen LogP contribution in [0.5, 0.6) is 11.5 Å². The molecule has 0 aliphatic heterocycles. The molecule has 0 radical (unpaired) electrons. The number of nitrogens with zero attached hydrogens (tertiary/aromatic N) is 2. The predicted octanol–water partition coefficient (Wildman–Crippen LogP) is 4.06. The highest BCUT2D eigenvalue weighted by Crippen LogP contribution is 2.36. The van der Waals surface area contributed by atoms with E-state index in [0.29, 0.717) is 11.4 Å². The highest BCUT2D eigenvalue weighted by atomic mass is 35.5. The summed E-state index contributed by atoms with van der Waals surface area (Å²) in [6.45, 7) is -0.602. The molecule has 0 saturated heterocycles. The molecule has 1 aromatic heterocycles. The number of amides is 1. The summed E-state index contributed by atoms with van der Waals surface area (Å²) < 4.78 is 17.4. The summed E-state index contributed by atoms with van der Waals surface area (Å²) in [5.41, 5.74) is 6.27. The average molecular weight is 485 g/mol. The molecule has 3 rings (SSSR count). The second-order valence-corrected chi connectivity index (χ2v) is 7.21. The second kappa shape index (κ2) is 9.91.